The number of aryl methyl sites for hydroxylation is 2. The van der Waals surface area contributed by atoms with Crippen LogP contribution in [0.25, 0.3) is 0 Å². The fourth-order valence-corrected chi connectivity index (χ4v) is 4.24. The molecule has 0 unspecified atom stereocenters. The molecule has 2 fully saturated rings. The predicted octanol–water partition coefficient (Wildman–Crippen LogP) is 0.143. The highest BCUT2D eigenvalue weighted by molar-refractivity contribution is 5.80. The summed E-state index contributed by atoms with van der Waals surface area (Å²) in [6, 6.07) is 0. The first-order valence-electron chi connectivity index (χ1n) is 9.65. The van der Waals surface area contributed by atoms with Crippen LogP contribution in [0.1, 0.15) is 17.3 Å². The highest BCUT2D eigenvalue weighted by atomic mass is 16.2. The summed E-state index contributed by atoms with van der Waals surface area (Å²) >= 11 is 0. The molecule has 0 aliphatic carbocycles. The first-order chi connectivity index (χ1) is 13.0. The largest absolute Gasteiger partial charge is 0.340 e. The summed E-state index contributed by atoms with van der Waals surface area (Å²) in [5.74, 6) is 1.50. The van der Waals surface area contributed by atoms with Gasteiger partial charge in [-0.2, -0.15) is 5.10 Å². The number of likely N-dealkylation sites (tertiary alicyclic amines) is 1. The first-order valence-corrected chi connectivity index (χ1v) is 9.65. The third kappa shape index (κ3) is 3.77. The van der Waals surface area contributed by atoms with Crippen molar-refractivity contribution in [2.75, 3.05) is 46.3 Å². The monoisotopic (exact) mass is 371 g/mol. The van der Waals surface area contributed by atoms with Gasteiger partial charge in [-0.15, -0.1) is 0 Å². The van der Waals surface area contributed by atoms with E-state index < -0.39 is 0 Å². The number of aromatic nitrogens is 4. The molecule has 27 heavy (non-hydrogen) atoms. The second-order valence-electron chi connectivity index (χ2n) is 7.94. The fourth-order valence-electron chi connectivity index (χ4n) is 4.24. The van der Waals surface area contributed by atoms with Gasteiger partial charge in [0, 0.05) is 77.9 Å². The Balaban J connectivity index is 1.52. The zero-order chi connectivity index (χ0) is 19.0. The number of nitrogens with zero attached hydrogens (tertiary/aromatic N) is 7. The van der Waals surface area contributed by atoms with E-state index in [9.17, 15) is 4.79 Å². The predicted molar refractivity (Wildman–Crippen MR) is 102 cm³/mol. The Kier molecular flexibility index (Phi) is 5.01. The molecule has 1 amide bonds. The Hall–Kier alpha value is -2.19. The van der Waals surface area contributed by atoms with Crippen LogP contribution in [0.3, 0.4) is 0 Å². The number of likely N-dealkylation sites (N-methyl/N-ethyl adjacent to an activating group) is 1. The van der Waals surface area contributed by atoms with Crippen molar-refractivity contribution in [3.8, 4) is 0 Å². The number of carbonyl (C=O) groups is 1. The van der Waals surface area contributed by atoms with E-state index in [1.807, 2.05) is 37.4 Å². The van der Waals surface area contributed by atoms with Crippen molar-refractivity contribution in [2.24, 2.45) is 20.0 Å². The molecule has 0 N–H and O–H groups in total. The Morgan fingerprint density at radius 1 is 1.15 bits per heavy atom. The SMILES string of the molecule is CN1CCN(C(=O)[C@@H]2CN(Cc3nccn3C)C[C@H]2c2cnn(C)c2)CC1. The number of hydrogen-bond acceptors (Lipinski definition) is 5. The van der Waals surface area contributed by atoms with Gasteiger partial charge in [-0.25, -0.2) is 4.98 Å². The van der Waals surface area contributed by atoms with Crippen molar-refractivity contribution in [1.82, 2.24) is 34.0 Å². The van der Waals surface area contributed by atoms with Gasteiger partial charge in [-0.1, -0.05) is 0 Å². The number of hydrogen-bond donors (Lipinski definition) is 0. The lowest BCUT2D eigenvalue weighted by Crippen LogP contribution is -2.49. The van der Waals surface area contributed by atoms with E-state index in [-0.39, 0.29) is 11.8 Å². The van der Waals surface area contributed by atoms with Gasteiger partial charge >= 0.3 is 0 Å². The van der Waals surface area contributed by atoms with Gasteiger partial charge in [0.05, 0.1) is 18.7 Å². The van der Waals surface area contributed by atoms with E-state index in [1.165, 1.54) is 0 Å². The molecule has 2 aromatic heterocycles. The molecule has 4 rings (SSSR count). The number of rotatable bonds is 4. The number of amides is 1. The molecule has 0 radical (unpaired) electrons. The molecule has 2 aromatic rings. The summed E-state index contributed by atoms with van der Waals surface area (Å²) in [6.07, 6.45) is 7.77. The van der Waals surface area contributed by atoms with E-state index in [0.29, 0.717) is 5.91 Å². The molecule has 4 heterocycles. The molecule has 2 aliphatic rings. The Labute approximate surface area is 160 Å². The van der Waals surface area contributed by atoms with E-state index >= 15 is 0 Å². The minimum atomic E-state index is -0.0159. The number of piperazine rings is 1. The topological polar surface area (TPSA) is 62.4 Å². The zero-order valence-electron chi connectivity index (χ0n) is 16.5. The fraction of sp³-hybridized carbons (Fsp3) is 0.632. The molecule has 0 spiro atoms. The minimum absolute atomic E-state index is 0.0159. The highest BCUT2D eigenvalue weighted by Crippen LogP contribution is 2.34. The summed E-state index contributed by atoms with van der Waals surface area (Å²) in [7, 11) is 6.07. The molecule has 8 nitrogen and oxygen atoms in total. The van der Waals surface area contributed by atoms with Crippen LogP contribution in [0.5, 0.6) is 0 Å². The van der Waals surface area contributed by atoms with Crippen LogP contribution in [0, 0.1) is 5.92 Å². The molecular formula is C19H29N7O. The van der Waals surface area contributed by atoms with Crippen molar-refractivity contribution in [2.45, 2.75) is 12.5 Å². The quantitative estimate of drug-likeness (QED) is 0.765. The van der Waals surface area contributed by atoms with Crippen LogP contribution >= 0.6 is 0 Å². The highest BCUT2D eigenvalue weighted by Gasteiger charge is 2.41. The Morgan fingerprint density at radius 3 is 2.56 bits per heavy atom. The second-order valence-corrected chi connectivity index (χ2v) is 7.94. The van der Waals surface area contributed by atoms with Gasteiger partial charge in [-0.3, -0.25) is 14.4 Å². The second kappa shape index (κ2) is 7.44. The maximum absolute atomic E-state index is 13.3. The van der Waals surface area contributed by atoms with Crippen molar-refractivity contribution in [3.63, 3.8) is 0 Å². The van der Waals surface area contributed by atoms with Crippen LogP contribution in [0.2, 0.25) is 0 Å². The lowest BCUT2D eigenvalue weighted by atomic mass is 9.89. The molecule has 146 valence electrons. The van der Waals surface area contributed by atoms with Gasteiger partial charge in [0.25, 0.3) is 0 Å². The van der Waals surface area contributed by atoms with Crippen molar-refractivity contribution in [3.05, 3.63) is 36.2 Å². The molecule has 0 saturated carbocycles. The standard InChI is InChI=1S/C19H29N7O/c1-22-6-8-26(9-7-22)19(27)17-13-25(14-18-20-4-5-23(18)2)12-16(17)15-10-21-24(3)11-15/h4-5,10-11,16-17H,6-9,12-14H2,1-3H3/t16-,17+/m0/s1. The smallest absolute Gasteiger partial charge is 0.227 e. The average Bonchev–Trinajstić information content (AvgIpc) is 3.36. The third-order valence-electron chi connectivity index (χ3n) is 5.97. The first kappa shape index (κ1) is 18.2. The zero-order valence-corrected chi connectivity index (χ0v) is 16.5. The summed E-state index contributed by atoms with van der Waals surface area (Å²) < 4.78 is 3.88. The summed E-state index contributed by atoms with van der Waals surface area (Å²) in [4.78, 5) is 24.5. The number of imidazole rings is 1. The average molecular weight is 371 g/mol. The van der Waals surface area contributed by atoms with Gasteiger partial charge in [-0.05, 0) is 12.6 Å². The Bertz CT molecular complexity index is 790. The maximum Gasteiger partial charge on any atom is 0.227 e. The Morgan fingerprint density at radius 2 is 1.93 bits per heavy atom. The molecular weight excluding hydrogens is 342 g/mol. The number of carbonyl (C=O) groups excluding carboxylic acids is 1. The van der Waals surface area contributed by atoms with Gasteiger partial charge in [0.2, 0.25) is 5.91 Å². The normalized spacial score (nSPS) is 24.6. The summed E-state index contributed by atoms with van der Waals surface area (Å²) in [5, 5.41) is 4.34. The van der Waals surface area contributed by atoms with Crippen molar-refractivity contribution in [1.29, 1.82) is 0 Å². The van der Waals surface area contributed by atoms with Gasteiger partial charge in [0.15, 0.2) is 0 Å². The van der Waals surface area contributed by atoms with E-state index in [1.54, 1.807) is 0 Å². The van der Waals surface area contributed by atoms with Crippen LogP contribution in [0.15, 0.2) is 24.8 Å². The van der Waals surface area contributed by atoms with Crippen LogP contribution in [0.4, 0.5) is 0 Å². The van der Waals surface area contributed by atoms with E-state index in [4.69, 9.17) is 0 Å². The maximum atomic E-state index is 13.3. The van der Waals surface area contributed by atoms with E-state index in [2.05, 4.69) is 42.6 Å². The molecule has 0 bridgehead atoms. The van der Waals surface area contributed by atoms with Gasteiger partial charge in [0.1, 0.15) is 5.82 Å². The van der Waals surface area contributed by atoms with Crippen LogP contribution in [-0.4, -0.2) is 86.3 Å². The minimum Gasteiger partial charge on any atom is -0.340 e. The van der Waals surface area contributed by atoms with Crippen molar-refractivity contribution >= 4 is 5.91 Å². The molecule has 2 aliphatic heterocycles. The lowest BCUT2D eigenvalue weighted by Gasteiger charge is -2.34. The summed E-state index contributed by atoms with van der Waals surface area (Å²) in [5.41, 5.74) is 1.16. The molecule has 0 aromatic carbocycles. The van der Waals surface area contributed by atoms with Crippen molar-refractivity contribution < 1.29 is 4.79 Å². The lowest BCUT2D eigenvalue weighted by molar-refractivity contribution is -0.137. The van der Waals surface area contributed by atoms with Gasteiger partial charge < -0.3 is 14.4 Å². The third-order valence-corrected chi connectivity index (χ3v) is 5.97. The summed E-state index contributed by atoms with van der Waals surface area (Å²) in [6.45, 7) is 5.96. The molecule has 2 saturated heterocycles. The molecule has 8 heteroatoms. The molecule has 2 atom stereocenters. The van der Waals surface area contributed by atoms with Crippen LogP contribution in [-0.2, 0) is 25.4 Å². The van der Waals surface area contributed by atoms with E-state index in [0.717, 1.165) is 57.2 Å². The van der Waals surface area contributed by atoms with Crippen LogP contribution < -0.4 is 0 Å².